The zero-order valence-electron chi connectivity index (χ0n) is 10.8. The fraction of sp³-hybridized carbons (Fsp3) is 1.00. The molecule has 0 radical (unpaired) electrons. The van der Waals surface area contributed by atoms with Crippen LogP contribution < -0.4 is 5.32 Å². The number of rotatable bonds is 5. The molecule has 15 heavy (non-hydrogen) atoms. The molecule has 0 bridgehead atoms. The highest BCUT2D eigenvalue weighted by molar-refractivity contribution is 4.80. The third-order valence-corrected chi connectivity index (χ3v) is 3.96. The van der Waals surface area contributed by atoms with E-state index in [0.29, 0.717) is 18.2 Å². The van der Waals surface area contributed by atoms with Crippen molar-refractivity contribution in [2.75, 3.05) is 7.11 Å². The van der Waals surface area contributed by atoms with Crippen molar-refractivity contribution in [3.05, 3.63) is 0 Å². The SMILES string of the molecule is COC(C)C(C)N[C@@H](C)C1CCCCC1. The normalized spacial score (nSPS) is 24.8. The van der Waals surface area contributed by atoms with Crippen LogP contribution in [0.5, 0.6) is 0 Å². The van der Waals surface area contributed by atoms with E-state index in [1.807, 2.05) is 0 Å². The van der Waals surface area contributed by atoms with E-state index in [2.05, 4.69) is 26.1 Å². The Morgan fingerprint density at radius 3 is 2.20 bits per heavy atom. The standard InChI is InChI=1S/C13H27NO/c1-10(12(3)15-4)14-11(2)13-8-6-5-7-9-13/h10-14H,5-9H2,1-4H3/t10?,11-,12?/m0/s1. The Labute approximate surface area is 94.8 Å². The molecular formula is C13H27NO. The van der Waals surface area contributed by atoms with E-state index in [-0.39, 0.29) is 0 Å². The zero-order valence-corrected chi connectivity index (χ0v) is 10.8. The lowest BCUT2D eigenvalue weighted by molar-refractivity contribution is 0.0800. The van der Waals surface area contributed by atoms with Crippen LogP contribution in [0.1, 0.15) is 52.9 Å². The van der Waals surface area contributed by atoms with Gasteiger partial charge >= 0.3 is 0 Å². The van der Waals surface area contributed by atoms with Gasteiger partial charge in [0.05, 0.1) is 6.10 Å². The Morgan fingerprint density at radius 2 is 1.67 bits per heavy atom. The van der Waals surface area contributed by atoms with Crippen LogP contribution in [0.2, 0.25) is 0 Å². The van der Waals surface area contributed by atoms with Crippen LogP contribution in [-0.2, 0) is 4.74 Å². The summed E-state index contributed by atoms with van der Waals surface area (Å²) < 4.78 is 5.34. The molecule has 1 rings (SSSR count). The average Bonchev–Trinajstić information content (AvgIpc) is 2.29. The third-order valence-electron chi connectivity index (χ3n) is 3.96. The molecule has 0 saturated heterocycles. The molecule has 1 N–H and O–H groups in total. The van der Waals surface area contributed by atoms with Crippen LogP contribution in [-0.4, -0.2) is 25.3 Å². The highest BCUT2D eigenvalue weighted by atomic mass is 16.5. The molecule has 90 valence electrons. The molecule has 0 heterocycles. The van der Waals surface area contributed by atoms with Gasteiger partial charge in [0.25, 0.3) is 0 Å². The second kappa shape index (κ2) is 6.49. The van der Waals surface area contributed by atoms with Gasteiger partial charge in [0.15, 0.2) is 0 Å². The molecule has 3 atom stereocenters. The Balaban J connectivity index is 2.29. The smallest absolute Gasteiger partial charge is 0.0693 e. The van der Waals surface area contributed by atoms with Gasteiger partial charge in [-0.3, -0.25) is 0 Å². The first-order valence-electron chi connectivity index (χ1n) is 6.44. The molecule has 1 saturated carbocycles. The Morgan fingerprint density at radius 1 is 1.07 bits per heavy atom. The number of hydrogen-bond acceptors (Lipinski definition) is 2. The molecule has 0 aromatic heterocycles. The molecule has 0 aromatic rings. The van der Waals surface area contributed by atoms with Gasteiger partial charge in [0, 0.05) is 19.2 Å². The minimum Gasteiger partial charge on any atom is -0.380 e. The number of hydrogen-bond donors (Lipinski definition) is 1. The summed E-state index contributed by atoms with van der Waals surface area (Å²) in [6.45, 7) is 6.67. The van der Waals surface area contributed by atoms with E-state index in [0.717, 1.165) is 5.92 Å². The van der Waals surface area contributed by atoms with Crippen molar-refractivity contribution in [1.82, 2.24) is 5.32 Å². The molecule has 1 aliphatic rings. The largest absolute Gasteiger partial charge is 0.380 e. The van der Waals surface area contributed by atoms with E-state index >= 15 is 0 Å². The average molecular weight is 213 g/mol. The molecule has 0 spiro atoms. The van der Waals surface area contributed by atoms with Crippen LogP contribution >= 0.6 is 0 Å². The van der Waals surface area contributed by atoms with Crippen molar-refractivity contribution in [3.63, 3.8) is 0 Å². The molecule has 1 fully saturated rings. The summed E-state index contributed by atoms with van der Waals surface area (Å²) in [5.74, 6) is 0.880. The summed E-state index contributed by atoms with van der Waals surface area (Å²) in [7, 11) is 1.79. The van der Waals surface area contributed by atoms with Gasteiger partial charge in [0.1, 0.15) is 0 Å². The maximum Gasteiger partial charge on any atom is 0.0693 e. The molecule has 1 aliphatic carbocycles. The van der Waals surface area contributed by atoms with E-state index in [1.165, 1.54) is 32.1 Å². The predicted molar refractivity (Wildman–Crippen MR) is 65.1 cm³/mol. The summed E-state index contributed by atoms with van der Waals surface area (Å²) in [6, 6.07) is 1.09. The van der Waals surface area contributed by atoms with E-state index < -0.39 is 0 Å². The topological polar surface area (TPSA) is 21.3 Å². The lowest BCUT2D eigenvalue weighted by Crippen LogP contribution is -2.45. The molecular weight excluding hydrogens is 186 g/mol. The van der Waals surface area contributed by atoms with Crippen molar-refractivity contribution in [2.24, 2.45) is 5.92 Å². The molecule has 0 aliphatic heterocycles. The third kappa shape index (κ3) is 4.12. The molecule has 0 amide bonds. The van der Waals surface area contributed by atoms with Gasteiger partial charge in [-0.05, 0) is 39.5 Å². The van der Waals surface area contributed by atoms with E-state index in [1.54, 1.807) is 7.11 Å². The van der Waals surface area contributed by atoms with Crippen LogP contribution in [0.25, 0.3) is 0 Å². The van der Waals surface area contributed by atoms with Gasteiger partial charge in [-0.2, -0.15) is 0 Å². The fourth-order valence-electron chi connectivity index (χ4n) is 2.52. The van der Waals surface area contributed by atoms with Gasteiger partial charge < -0.3 is 10.1 Å². The first kappa shape index (κ1) is 13.0. The maximum absolute atomic E-state index is 5.34. The van der Waals surface area contributed by atoms with Crippen molar-refractivity contribution < 1.29 is 4.74 Å². The van der Waals surface area contributed by atoms with E-state index in [4.69, 9.17) is 4.74 Å². The van der Waals surface area contributed by atoms with Crippen LogP contribution in [0.4, 0.5) is 0 Å². The van der Waals surface area contributed by atoms with Gasteiger partial charge in [-0.25, -0.2) is 0 Å². The molecule has 2 heteroatoms. The van der Waals surface area contributed by atoms with Crippen molar-refractivity contribution in [1.29, 1.82) is 0 Å². The molecule has 0 aromatic carbocycles. The van der Waals surface area contributed by atoms with E-state index in [9.17, 15) is 0 Å². The molecule has 2 nitrogen and oxygen atoms in total. The highest BCUT2D eigenvalue weighted by Crippen LogP contribution is 2.26. The number of ether oxygens (including phenoxy) is 1. The van der Waals surface area contributed by atoms with Crippen molar-refractivity contribution >= 4 is 0 Å². The first-order valence-corrected chi connectivity index (χ1v) is 6.44. The minimum absolute atomic E-state index is 0.302. The summed E-state index contributed by atoms with van der Waals surface area (Å²) in [6.07, 6.45) is 7.39. The predicted octanol–water partition coefficient (Wildman–Crippen LogP) is 2.97. The second-order valence-electron chi connectivity index (χ2n) is 5.08. The van der Waals surface area contributed by atoms with Crippen molar-refractivity contribution in [3.8, 4) is 0 Å². The Kier molecular flexibility index (Phi) is 5.62. The fourth-order valence-corrected chi connectivity index (χ4v) is 2.52. The number of nitrogens with one attached hydrogen (secondary N) is 1. The molecule has 2 unspecified atom stereocenters. The number of methoxy groups -OCH3 is 1. The minimum atomic E-state index is 0.302. The highest BCUT2D eigenvalue weighted by Gasteiger charge is 2.22. The van der Waals surface area contributed by atoms with Crippen LogP contribution in [0.3, 0.4) is 0 Å². The van der Waals surface area contributed by atoms with Crippen molar-refractivity contribution in [2.45, 2.75) is 71.1 Å². The summed E-state index contributed by atoms with van der Waals surface area (Å²) >= 11 is 0. The Hall–Kier alpha value is -0.0800. The van der Waals surface area contributed by atoms with Gasteiger partial charge in [0.2, 0.25) is 0 Å². The van der Waals surface area contributed by atoms with Crippen LogP contribution in [0.15, 0.2) is 0 Å². The zero-order chi connectivity index (χ0) is 11.3. The summed E-state index contributed by atoms with van der Waals surface area (Å²) in [5, 5.41) is 3.68. The first-order chi connectivity index (χ1) is 7.15. The lowest BCUT2D eigenvalue weighted by Gasteiger charge is -2.32. The van der Waals surface area contributed by atoms with Gasteiger partial charge in [-0.15, -0.1) is 0 Å². The monoisotopic (exact) mass is 213 g/mol. The lowest BCUT2D eigenvalue weighted by atomic mass is 9.84. The maximum atomic E-state index is 5.34. The quantitative estimate of drug-likeness (QED) is 0.758. The Bertz CT molecular complexity index is 166. The summed E-state index contributed by atoms with van der Waals surface area (Å²) in [4.78, 5) is 0. The van der Waals surface area contributed by atoms with Gasteiger partial charge in [-0.1, -0.05) is 19.3 Å². The second-order valence-corrected chi connectivity index (χ2v) is 5.08. The summed E-state index contributed by atoms with van der Waals surface area (Å²) in [5.41, 5.74) is 0. The van der Waals surface area contributed by atoms with Crippen LogP contribution in [0, 0.1) is 5.92 Å².